The first-order valence-electron chi connectivity index (χ1n) is 12.7. The zero-order chi connectivity index (χ0) is 28.3. The number of carboxylic acid groups (broad SMARTS) is 1. The highest BCUT2D eigenvalue weighted by Gasteiger charge is 2.40. The van der Waals surface area contributed by atoms with Crippen molar-refractivity contribution in [2.24, 2.45) is 10.8 Å². The largest absolute Gasteiger partial charge is 0.480 e. The number of nitrogens with zero attached hydrogens (tertiary/aromatic N) is 2. The minimum atomic E-state index is -3.90. The van der Waals surface area contributed by atoms with Crippen molar-refractivity contribution in [3.63, 3.8) is 0 Å². The molecule has 1 saturated heterocycles. The molecular formula is C26H35ClN6O6S. The molecule has 12 nitrogen and oxygen atoms in total. The fourth-order valence-electron chi connectivity index (χ4n) is 4.27. The first-order chi connectivity index (χ1) is 18.7. The fourth-order valence-corrected chi connectivity index (χ4v) is 5.95. The number of hydrazine groups is 1. The number of nitrogens with two attached hydrogens (primary N) is 1. The lowest BCUT2D eigenvalue weighted by molar-refractivity contribution is -0.142. The average Bonchev–Trinajstić information content (AvgIpc) is 3.43. The van der Waals surface area contributed by atoms with Gasteiger partial charge in [0, 0.05) is 31.6 Å². The van der Waals surface area contributed by atoms with E-state index in [1.54, 1.807) is 42.5 Å². The third-order valence-electron chi connectivity index (χ3n) is 6.26. The Hall–Kier alpha value is -3.52. The molecule has 218 valence electrons. The molecule has 2 atom stereocenters. The number of aliphatic imine (C=N–C) groups is 1. The summed E-state index contributed by atoms with van der Waals surface area (Å²) < 4.78 is 27.3. The number of unbranched alkanes of at least 4 members (excludes halogenated alkanes) is 1. The summed E-state index contributed by atoms with van der Waals surface area (Å²) >= 11 is 0. The lowest BCUT2D eigenvalue weighted by Gasteiger charge is -2.25. The normalized spacial score (nSPS) is 16.2. The third kappa shape index (κ3) is 9.30. The Bertz CT molecular complexity index is 1260. The second kappa shape index (κ2) is 15.9. The number of carboxylic acids is 1. The molecule has 0 radical (unpaired) electrons. The van der Waals surface area contributed by atoms with Crippen LogP contribution in [0.15, 0.2) is 64.5 Å². The summed E-state index contributed by atoms with van der Waals surface area (Å²) in [5, 5.41) is 15.0. The minimum Gasteiger partial charge on any atom is -0.480 e. The van der Waals surface area contributed by atoms with Crippen LogP contribution in [0.2, 0.25) is 0 Å². The van der Waals surface area contributed by atoms with Gasteiger partial charge in [-0.05, 0) is 55.5 Å². The van der Waals surface area contributed by atoms with Gasteiger partial charge in [0.2, 0.25) is 21.8 Å². The molecule has 14 heteroatoms. The summed E-state index contributed by atoms with van der Waals surface area (Å²) in [6.07, 6.45) is 3.91. The van der Waals surface area contributed by atoms with Crippen molar-refractivity contribution in [2.45, 2.75) is 55.5 Å². The maximum Gasteiger partial charge on any atom is 0.326 e. The van der Waals surface area contributed by atoms with E-state index in [9.17, 15) is 27.9 Å². The first-order valence-corrected chi connectivity index (χ1v) is 14.1. The number of carbonyl (C=O) groups excluding carboxylic acids is 2. The highest BCUT2D eigenvalue weighted by Crippen LogP contribution is 2.26. The van der Waals surface area contributed by atoms with Gasteiger partial charge in [0.25, 0.3) is 0 Å². The van der Waals surface area contributed by atoms with Crippen molar-refractivity contribution >= 4 is 52.2 Å². The van der Waals surface area contributed by atoms with E-state index in [4.69, 9.17) is 5.84 Å². The summed E-state index contributed by atoms with van der Waals surface area (Å²) in [6.45, 7) is 0.745. The Labute approximate surface area is 239 Å². The number of amides is 2. The number of hydrogen-bond donors (Lipinski definition) is 5. The molecule has 0 bridgehead atoms. The standard InChI is InChI=1S/C26H34N6O6S.ClH/c27-29-18-28-15-5-4-10-24(33)30-20-13-11-19(12-14-20)17-22(26(35)36)31-25(34)23-9-6-16-32(23)39(37,38)21-7-2-1-3-8-21;/h1-3,7-8,11-14,18,22-23H,4-6,9-10,15-17,27H2,(H,28,29)(H,30,33)(H,31,34)(H,35,36);1H/t22-,23-;/m0./s1. The third-order valence-corrected chi connectivity index (χ3v) is 8.18. The quantitative estimate of drug-likeness (QED) is 0.0719. The fraction of sp³-hybridized carbons (Fsp3) is 0.385. The molecular weight excluding hydrogens is 560 g/mol. The van der Waals surface area contributed by atoms with Crippen molar-refractivity contribution in [1.82, 2.24) is 15.0 Å². The molecule has 40 heavy (non-hydrogen) atoms. The van der Waals surface area contributed by atoms with Crippen LogP contribution in [0.1, 0.15) is 37.7 Å². The van der Waals surface area contributed by atoms with Gasteiger partial charge in [-0.25, -0.2) is 19.1 Å². The van der Waals surface area contributed by atoms with E-state index in [1.165, 1.54) is 18.5 Å². The van der Waals surface area contributed by atoms with Crippen LogP contribution in [0.25, 0.3) is 0 Å². The number of halogens is 1. The van der Waals surface area contributed by atoms with Gasteiger partial charge < -0.3 is 21.2 Å². The zero-order valence-corrected chi connectivity index (χ0v) is 23.5. The van der Waals surface area contributed by atoms with E-state index in [1.807, 2.05) is 0 Å². The van der Waals surface area contributed by atoms with Gasteiger partial charge in [0.1, 0.15) is 12.1 Å². The van der Waals surface area contributed by atoms with Gasteiger partial charge in [-0.15, -0.1) is 12.4 Å². The summed E-state index contributed by atoms with van der Waals surface area (Å²) in [7, 11) is -3.90. The minimum absolute atomic E-state index is 0. The lowest BCUT2D eigenvalue weighted by Crippen LogP contribution is -2.51. The van der Waals surface area contributed by atoms with E-state index in [-0.39, 0.29) is 36.2 Å². The SMILES string of the molecule is Cl.NNC=NCCCCC(=O)Nc1ccc(C[C@H](NC(=O)[C@@H]2CCCN2S(=O)(=O)c2ccccc2)C(=O)O)cc1. The number of hydrogen-bond acceptors (Lipinski definition) is 7. The average molecular weight is 595 g/mol. The molecule has 2 aromatic carbocycles. The summed E-state index contributed by atoms with van der Waals surface area (Å²) in [4.78, 5) is 41.2. The van der Waals surface area contributed by atoms with Crippen LogP contribution in [0, 0.1) is 0 Å². The molecule has 0 aromatic heterocycles. The Morgan fingerprint density at radius 2 is 1.80 bits per heavy atom. The van der Waals surface area contributed by atoms with E-state index in [2.05, 4.69) is 21.1 Å². The summed E-state index contributed by atoms with van der Waals surface area (Å²) in [5.74, 6) is 3.06. The lowest BCUT2D eigenvalue weighted by atomic mass is 10.0. The predicted octanol–water partition coefficient (Wildman–Crippen LogP) is 1.67. The molecule has 2 amide bonds. The van der Waals surface area contributed by atoms with Crippen LogP contribution in [0.5, 0.6) is 0 Å². The van der Waals surface area contributed by atoms with Crippen LogP contribution >= 0.6 is 12.4 Å². The maximum absolute atomic E-state index is 13.1. The molecule has 6 N–H and O–H groups in total. The Balaban J connectivity index is 0.00000560. The van der Waals surface area contributed by atoms with E-state index in [0.717, 1.165) is 10.7 Å². The molecule has 1 heterocycles. The smallest absolute Gasteiger partial charge is 0.326 e. The number of sulfonamides is 1. The number of benzene rings is 2. The van der Waals surface area contributed by atoms with Crippen molar-refractivity contribution in [3.8, 4) is 0 Å². The van der Waals surface area contributed by atoms with Crippen molar-refractivity contribution < 1.29 is 27.9 Å². The van der Waals surface area contributed by atoms with Gasteiger partial charge in [0.05, 0.1) is 11.2 Å². The molecule has 0 unspecified atom stereocenters. The number of rotatable bonds is 14. The van der Waals surface area contributed by atoms with Crippen LogP contribution < -0.4 is 21.9 Å². The van der Waals surface area contributed by atoms with Crippen molar-refractivity contribution in [1.29, 1.82) is 0 Å². The second-order valence-corrected chi connectivity index (χ2v) is 11.0. The van der Waals surface area contributed by atoms with Gasteiger partial charge in [-0.1, -0.05) is 30.3 Å². The topological polar surface area (TPSA) is 183 Å². The maximum atomic E-state index is 13.1. The monoisotopic (exact) mass is 594 g/mol. The van der Waals surface area contributed by atoms with Gasteiger partial charge >= 0.3 is 5.97 Å². The summed E-state index contributed by atoms with van der Waals surface area (Å²) in [5.41, 5.74) is 3.51. The molecule has 3 rings (SSSR count). The van der Waals surface area contributed by atoms with E-state index >= 15 is 0 Å². The first kappa shape index (κ1) is 32.7. The van der Waals surface area contributed by atoms with Crippen LogP contribution in [0.4, 0.5) is 5.69 Å². The number of aliphatic carboxylic acids is 1. The Kier molecular flexibility index (Phi) is 13.0. The number of carbonyl (C=O) groups is 3. The second-order valence-electron chi connectivity index (χ2n) is 9.09. The zero-order valence-electron chi connectivity index (χ0n) is 21.9. The molecule has 0 saturated carbocycles. The van der Waals surface area contributed by atoms with Crippen LogP contribution in [0.3, 0.4) is 0 Å². The van der Waals surface area contributed by atoms with Crippen LogP contribution in [-0.4, -0.2) is 67.1 Å². The summed E-state index contributed by atoms with van der Waals surface area (Å²) in [6, 6.07) is 12.3. The molecule has 1 fully saturated rings. The predicted molar refractivity (Wildman–Crippen MR) is 153 cm³/mol. The number of nitrogens with one attached hydrogen (secondary N) is 3. The molecule has 0 spiro atoms. The Morgan fingerprint density at radius 3 is 2.45 bits per heavy atom. The van der Waals surface area contributed by atoms with E-state index in [0.29, 0.717) is 43.5 Å². The molecule has 1 aliphatic heterocycles. The molecule has 0 aliphatic carbocycles. The number of anilines is 1. The molecule has 1 aliphatic rings. The Morgan fingerprint density at radius 1 is 1.10 bits per heavy atom. The van der Waals surface area contributed by atoms with Gasteiger partial charge in [0.15, 0.2) is 0 Å². The highest BCUT2D eigenvalue weighted by atomic mass is 35.5. The van der Waals surface area contributed by atoms with Crippen molar-refractivity contribution in [3.05, 3.63) is 60.2 Å². The van der Waals surface area contributed by atoms with Crippen LogP contribution in [-0.2, 0) is 30.8 Å². The molecule has 2 aromatic rings. The van der Waals surface area contributed by atoms with Gasteiger partial charge in [-0.2, -0.15) is 4.31 Å². The van der Waals surface area contributed by atoms with E-state index < -0.39 is 34.0 Å². The van der Waals surface area contributed by atoms with Gasteiger partial charge in [-0.3, -0.25) is 14.6 Å². The van der Waals surface area contributed by atoms with Crippen molar-refractivity contribution in [2.75, 3.05) is 18.4 Å². The highest BCUT2D eigenvalue weighted by molar-refractivity contribution is 7.89.